The zero-order chi connectivity index (χ0) is 20.6. The summed E-state index contributed by atoms with van der Waals surface area (Å²) in [7, 11) is 0. The molecule has 0 fully saturated rings. The second kappa shape index (κ2) is 9.14. The summed E-state index contributed by atoms with van der Waals surface area (Å²) < 4.78 is 5.67. The monoisotopic (exact) mass is 391 g/mol. The van der Waals surface area contributed by atoms with Gasteiger partial charge in [0.15, 0.2) is 0 Å². The molecule has 8 heteroatoms. The van der Waals surface area contributed by atoms with E-state index in [0.29, 0.717) is 22.9 Å². The van der Waals surface area contributed by atoms with Gasteiger partial charge in [0.2, 0.25) is 11.8 Å². The molecule has 0 radical (unpaired) electrons. The van der Waals surface area contributed by atoms with E-state index in [0.717, 1.165) is 0 Å². The van der Waals surface area contributed by atoms with Crippen LogP contribution < -0.4 is 15.4 Å². The summed E-state index contributed by atoms with van der Waals surface area (Å²) in [6.07, 6.45) is -0.390. The molecule has 3 aromatic rings. The minimum absolute atomic E-state index is 0.0829. The van der Waals surface area contributed by atoms with Gasteiger partial charge in [-0.2, -0.15) is 0 Å². The second-order valence-electron chi connectivity index (χ2n) is 6.02. The van der Waals surface area contributed by atoms with E-state index >= 15 is 0 Å². The summed E-state index contributed by atoms with van der Waals surface area (Å²) in [4.78, 5) is 34.1. The normalized spacial score (nSPS) is 10.1. The van der Waals surface area contributed by atoms with E-state index in [4.69, 9.17) is 4.74 Å². The zero-order valence-corrected chi connectivity index (χ0v) is 15.2. The van der Waals surface area contributed by atoms with Crippen molar-refractivity contribution < 1.29 is 19.2 Å². The highest BCUT2D eigenvalue weighted by Crippen LogP contribution is 2.22. The number of nitrogens with one attached hydrogen (secondary N) is 2. The number of anilines is 2. The van der Waals surface area contributed by atoms with Gasteiger partial charge < -0.3 is 15.4 Å². The van der Waals surface area contributed by atoms with Crippen LogP contribution in [0.2, 0.25) is 0 Å². The maximum Gasteiger partial charge on any atom is 0.269 e. The Morgan fingerprint density at radius 2 is 1.24 bits per heavy atom. The number of non-ortho nitro benzene ring substituents is 1. The van der Waals surface area contributed by atoms with Crippen LogP contribution in [0, 0.1) is 10.1 Å². The summed E-state index contributed by atoms with van der Waals surface area (Å²) in [6, 6.07) is 21.4. The third-order valence-corrected chi connectivity index (χ3v) is 3.80. The Hall–Kier alpha value is -4.20. The number of carbonyl (C=O) groups is 2. The Morgan fingerprint density at radius 3 is 1.76 bits per heavy atom. The maximum absolute atomic E-state index is 12.0. The van der Waals surface area contributed by atoms with E-state index in [9.17, 15) is 19.7 Å². The molecule has 0 atom stereocenters. The lowest BCUT2D eigenvalue weighted by Gasteiger charge is -2.08. The first-order valence-electron chi connectivity index (χ1n) is 8.67. The quantitative estimate of drug-likeness (QED) is 0.353. The Balaban J connectivity index is 1.49. The van der Waals surface area contributed by atoms with E-state index in [1.165, 1.54) is 24.3 Å². The van der Waals surface area contributed by atoms with Gasteiger partial charge in [-0.3, -0.25) is 19.7 Å². The molecule has 2 N–H and O–H groups in total. The number of amides is 2. The molecule has 0 spiro atoms. The van der Waals surface area contributed by atoms with Crippen LogP contribution in [0.4, 0.5) is 17.1 Å². The lowest BCUT2D eigenvalue weighted by Crippen LogP contribution is -2.21. The molecule has 146 valence electrons. The van der Waals surface area contributed by atoms with Crippen molar-refractivity contribution in [2.45, 2.75) is 6.42 Å². The summed E-state index contributed by atoms with van der Waals surface area (Å²) in [6.45, 7) is 0. The van der Waals surface area contributed by atoms with Crippen LogP contribution in [-0.4, -0.2) is 16.7 Å². The summed E-state index contributed by atoms with van der Waals surface area (Å²) >= 11 is 0. The first kappa shape index (κ1) is 19.6. The lowest BCUT2D eigenvalue weighted by molar-refractivity contribution is -0.384. The van der Waals surface area contributed by atoms with Crippen molar-refractivity contribution in [2.75, 3.05) is 10.6 Å². The first-order valence-corrected chi connectivity index (χ1v) is 8.67. The van der Waals surface area contributed by atoms with Crippen LogP contribution in [0.25, 0.3) is 0 Å². The van der Waals surface area contributed by atoms with E-state index < -0.39 is 16.7 Å². The Labute approximate surface area is 166 Å². The van der Waals surface area contributed by atoms with Crippen LogP contribution in [0.3, 0.4) is 0 Å². The molecule has 0 bridgehead atoms. The molecule has 8 nitrogen and oxygen atoms in total. The fraction of sp³-hybridized carbons (Fsp3) is 0.0476. The molecule has 0 saturated carbocycles. The van der Waals surface area contributed by atoms with Crippen LogP contribution in [0.15, 0.2) is 78.9 Å². The van der Waals surface area contributed by atoms with Gasteiger partial charge in [-0.05, 0) is 48.5 Å². The SMILES string of the molecule is O=C(CC(=O)Nc1ccc([N+](=O)[O-])cc1)Nc1ccc(Oc2ccccc2)cc1. The molecule has 0 aliphatic rings. The van der Waals surface area contributed by atoms with Gasteiger partial charge in [0.25, 0.3) is 5.69 Å². The Morgan fingerprint density at radius 1 is 0.759 bits per heavy atom. The Kier molecular flexibility index (Phi) is 6.16. The zero-order valence-electron chi connectivity index (χ0n) is 15.2. The molecule has 29 heavy (non-hydrogen) atoms. The van der Waals surface area contributed by atoms with Crippen molar-refractivity contribution >= 4 is 28.9 Å². The molecule has 3 rings (SSSR count). The van der Waals surface area contributed by atoms with Crippen LogP contribution >= 0.6 is 0 Å². The number of nitro groups is 1. The van der Waals surface area contributed by atoms with Crippen molar-refractivity contribution in [3.05, 3.63) is 89.0 Å². The standard InChI is InChI=1S/C21H17N3O5/c25-20(22-15-6-10-17(11-7-15)24(27)28)14-21(26)23-16-8-12-19(13-9-16)29-18-4-2-1-3-5-18/h1-13H,14H2,(H,22,25)(H,23,26). The average molecular weight is 391 g/mol. The highest BCUT2D eigenvalue weighted by Gasteiger charge is 2.11. The van der Waals surface area contributed by atoms with Crippen LogP contribution in [0.1, 0.15) is 6.42 Å². The van der Waals surface area contributed by atoms with Gasteiger partial charge in [-0.15, -0.1) is 0 Å². The number of hydrogen-bond acceptors (Lipinski definition) is 5. The van der Waals surface area contributed by atoms with Crippen LogP contribution in [0.5, 0.6) is 11.5 Å². The fourth-order valence-electron chi connectivity index (χ4n) is 2.45. The second-order valence-corrected chi connectivity index (χ2v) is 6.02. The van der Waals surface area contributed by atoms with E-state index in [2.05, 4.69) is 10.6 Å². The minimum atomic E-state index is -0.533. The number of ether oxygens (including phenoxy) is 1. The van der Waals surface area contributed by atoms with Gasteiger partial charge in [0.1, 0.15) is 17.9 Å². The third-order valence-electron chi connectivity index (χ3n) is 3.80. The summed E-state index contributed by atoms with van der Waals surface area (Å²) in [5.41, 5.74) is 0.815. The first-order chi connectivity index (χ1) is 14.0. The number of carbonyl (C=O) groups excluding carboxylic acids is 2. The highest BCUT2D eigenvalue weighted by molar-refractivity contribution is 6.08. The lowest BCUT2D eigenvalue weighted by atomic mass is 10.2. The fourth-order valence-corrected chi connectivity index (χ4v) is 2.45. The van der Waals surface area contributed by atoms with Gasteiger partial charge in [0.05, 0.1) is 4.92 Å². The number of benzene rings is 3. The Bertz CT molecular complexity index is 1000. The van der Waals surface area contributed by atoms with E-state index in [1.807, 2.05) is 30.3 Å². The van der Waals surface area contributed by atoms with Crippen LogP contribution in [-0.2, 0) is 9.59 Å². The molecular formula is C21H17N3O5. The third kappa shape index (κ3) is 5.90. The van der Waals surface area contributed by atoms with Crippen molar-refractivity contribution in [1.82, 2.24) is 0 Å². The number of rotatable bonds is 7. The largest absolute Gasteiger partial charge is 0.457 e. The van der Waals surface area contributed by atoms with Crippen molar-refractivity contribution in [1.29, 1.82) is 0 Å². The van der Waals surface area contributed by atoms with Crippen molar-refractivity contribution in [3.63, 3.8) is 0 Å². The molecule has 0 saturated heterocycles. The minimum Gasteiger partial charge on any atom is -0.457 e. The van der Waals surface area contributed by atoms with Gasteiger partial charge in [-0.1, -0.05) is 18.2 Å². The number of hydrogen-bond donors (Lipinski definition) is 2. The predicted octanol–water partition coefficient (Wildman–Crippen LogP) is 4.35. The molecule has 0 aliphatic heterocycles. The molecule has 0 aromatic heterocycles. The van der Waals surface area contributed by atoms with E-state index in [-0.39, 0.29) is 12.1 Å². The summed E-state index contributed by atoms with van der Waals surface area (Å²) in [5, 5.41) is 15.8. The molecule has 0 aliphatic carbocycles. The molecule has 2 amide bonds. The highest BCUT2D eigenvalue weighted by atomic mass is 16.6. The topological polar surface area (TPSA) is 111 Å². The van der Waals surface area contributed by atoms with E-state index in [1.54, 1.807) is 24.3 Å². The molecular weight excluding hydrogens is 374 g/mol. The number of nitrogens with zero attached hydrogens (tertiary/aromatic N) is 1. The maximum atomic E-state index is 12.0. The van der Waals surface area contributed by atoms with Gasteiger partial charge >= 0.3 is 0 Å². The number of nitro benzene ring substituents is 1. The predicted molar refractivity (Wildman–Crippen MR) is 108 cm³/mol. The smallest absolute Gasteiger partial charge is 0.269 e. The van der Waals surface area contributed by atoms with Gasteiger partial charge in [0, 0.05) is 23.5 Å². The number of para-hydroxylation sites is 1. The van der Waals surface area contributed by atoms with Gasteiger partial charge in [-0.25, -0.2) is 0 Å². The average Bonchev–Trinajstić information content (AvgIpc) is 2.70. The molecule has 0 unspecified atom stereocenters. The van der Waals surface area contributed by atoms with Crippen molar-refractivity contribution in [2.24, 2.45) is 0 Å². The molecule has 0 heterocycles. The summed E-state index contributed by atoms with van der Waals surface area (Å²) in [5.74, 6) is 0.304. The van der Waals surface area contributed by atoms with Crippen molar-refractivity contribution in [3.8, 4) is 11.5 Å². The molecule has 3 aromatic carbocycles.